The molecule has 1 N–H and O–H groups in total. The van der Waals surface area contributed by atoms with Crippen LogP contribution < -0.4 is 0 Å². The van der Waals surface area contributed by atoms with E-state index < -0.39 is 48.1 Å². The topological polar surface area (TPSA) is 46.5 Å². The highest BCUT2D eigenvalue weighted by Gasteiger charge is 2.95. The Hall–Kier alpha value is -1.62. The van der Waals surface area contributed by atoms with Gasteiger partial charge in [-0.25, -0.2) is 9.53 Å². The number of hydrogen-bond donors (Lipinski definition) is 1. The molecule has 0 unspecified atom stereocenters. The van der Waals surface area contributed by atoms with Crippen LogP contribution >= 0.6 is 0 Å². The van der Waals surface area contributed by atoms with E-state index in [1.54, 1.807) is 0 Å². The van der Waals surface area contributed by atoms with E-state index in [1.807, 2.05) is 0 Å². The zero-order valence-electron chi connectivity index (χ0n) is 10.9. The molecule has 0 aromatic heterocycles. The van der Waals surface area contributed by atoms with E-state index in [0.29, 0.717) is 0 Å². The largest absolute Gasteiger partial charge is 0.477 e. The number of aliphatic carboxylic acids is 1. The van der Waals surface area contributed by atoms with Crippen LogP contribution in [0.1, 0.15) is 0 Å². The van der Waals surface area contributed by atoms with Crippen molar-refractivity contribution in [2.24, 2.45) is 5.41 Å². The molecule has 156 valence electrons. The van der Waals surface area contributed by atoms with Crippen LogP contribution in [0, 0.1) is 5.41 Å². The van der Waals surface area contributed by atoms with Gasteiger partial charge in [0.25, 0.3) is 0 Å². The van der Waals surface area contributed by atoms with Crippen molar-refractivity contribution in [1.82, 2.24) is 0 Å². The lowest BCUT2D eigenvalue weighted by atomic mass is 9.83. The number of carbonyl (C=O) groups is 1. The molecule has 0 aliphatic carbocycles. The third-order valence-electron chi connectivity index (χ3n) is 2.60. The van der Waals surface area contributed by atoms with E-state index in [9.17, 15) is 70.7 Å². The zero-order valence-corrected chi connectivity index (χ0v) is 10.9. The minimum Gasteiger partial charge on any atom is -0.477 e. The maximum atomic E-state index is 13.1. The second-order valence-corrected chi connectivity index (χ2v) is 4.26. The highest BCUT2D eigenvalue weighted by atomic mass is 19.4. The summed E-state index contributed by atoms with van der Waals surface area (Å²) in [7, 11) is 0. The van der Waals surface area contributed by atoms with Gasteiger partial charge in [0.1, 0.15) is 0 Å². The smallest absolute Gasteiger partial charge is 0.435 e. The van der Waals surface area contributed by atoms with Crippen LogP contribution in [-0.2, 0) is 9.53 Å². The fourth-order valence-corrected chi connectivity index (χ4v) is 1.40. The molecule has 0 radical (unpaired) electrons. The first-order valence-corrected chi connectivity index (χ1v) is 5.17. The summed E-state index contributed by atoms with van der Waals surface area (Å²) in [6.07, 6.45) is -40.1. The van der Waals surface area contributed by atoms with Gasteiger partial charge in [-0.15, -0.1) is 0 Å². The van der Waals surface area contributed by atoms with Crippen molar-refractivity contribution in [3.8, 4) is 0 Å². The first-order chi connectivity index (χ1) is 10.9. The van der Waals surface area contributed by atoms with E-state index in [4.69, 9.17) is 5.11 Å². The third-order valence-corrected chi connectivity index (χ3v) is 2.60. The van der Waals surface area contributed by atoms with Crippen LogP contribution in [0.3, 0.4) is 0 Å². The van der Waals surface area contributed by atoms with Crippen molar-refractivity contribution in [2.45, 2.75) is 36.7 Å². The SMILES string of the molecule is O=C(O)C(F)(F)C(F)(F)OC(F)(F)C(C(F)(F)F)(C(F)(F)F)C(F)(F)F. The Kier molecular flexibility index (Phi) is 5.58. The molecule has 0 aromatic rings. The number of carboxylic acid groups (broad SMARTS) is 1. The van der Waals surface area contributed by atoms with Crippen LogP contribution in [0.5, 0.6) is 0 Å². The summed E-state index contributed by atoms with van der Waals surface area (Å²) in [6.45, 7) is 0. The number of alkyl halides is 15. The Morgan fingerprint density at radius 2 is 0.846 bits per heavy atom. The highest BCUT2D eigenvalue weighted by Crippen LogP contribution is 2.67. The van der Waals surface area contributed by atoms with Crippen molar-refractivity contribution in [3.05, 3.63) is 0 Å². The van der Waals surface area contributed by atoms with Gasteiger partial charge >= 0.3 is 48.1 Å². The molecule has 0 heterocycles. The lowest BCUT2D eigenvalue weighted by molar-refractivity contribution is -0.547. The number of ether oxygens (including phenoxy) is 1. The average Bonchev–Trinajstić information content (AvgIpc) is 2.18. The van der Waals surface area contributed by atoms with Crippen LogP contribution in [0.2, 0.25) is 0 Å². The van der Waals surface area contributed by atoms with Crippen molar-refractivity contribution < 1.29 is 80.5 Å². The Morgan fingerprint density at radius 3 is 1.04 bits per heavy atom. The van der Waals surface area contributed by atoms with Gasteiger partial charge < -0.3 is 5.11 Å². The first-order valence-electron chi connectivity index (χ1n) is 5.17. The average molecular weight is 430 g/mol. The standard InChI is InChI=1S/C8HF15O3/c9-2(10,1(24)25)7(20,21)26-8(22,23)3(4(11,12)13,5(14,15)16)6(17,18)19/h(H,24,25). The monoisotopic (exact) mass is 430 g/mol. The summed E-state index contributed by atoms with van der Waals surface area (Å²) in [4.78, 5) is 9.77. The van der Waals surface area contributed by atoms with Gasteiger partial charge in [0.05, 0.1) is 0 Å². The number of hydrogen-bond acceptors (Lipinski definition) is 2. The van der Waals surface area contributed by atoms with Crippen LogP contribution in [-0.4, -0.2) is 47.7 Å². The molecule has 26 heavy (non-hydrogen) atoms. The van der Waals surface area contributed by atoms with Crippen LogP contribution in [0.25, 0.3) is 0 Å². The maximum Gasteiger partial charge on any atom is 0.435 e. The number of carboxylic acids is 1. The Balaban J connectivity index is 6.77. The van der Waals surface area contributed by atoms with Gasteiger partial charge in [-0.2, -0.15) is 65.9 Å². The minimum absolute atomic E-state index is 1.24. The summed E-state index contributed by atoms with van der Waals surface area (Å²) >= 11 is 0. The molecule has 18 heteroatoms. The van der Waals surface area contributed by atoms with Crippen LogP contribution in [0.15, 0.2) is 0 Å². The van der Waals surface area contributed by atoms with Crippen molar-refractivity contribution >= 4 is 5.97 Å². The predicted octanol–water partition coefficient (Wildman–Crippen LogP) is 4.58. The number of halogens is 15. The third kappa shape index (κ3) is 3.34. The minimum atomic E-state index is -8.39. The van der Waals surface area contributed by atoms with Gasteiger partial charge in [-0.1, -0.05) is 0 Å². The van der Waals surface area contributed by atoms with Gasteiger partial charge in [0.15, 0.2) is 0 Å². The van der Waals surface area contributed by atoms with E-state index in [0.717, 1.165) is 0 Å². The molecule has 0 saturated carbocycles. The molecule has 0 spiro atoms. The molecule has 0 aromatic carbocycles. The Bertz CT molecular complexity index is 503. The predicted molar refractivity (Wildman–Crippen MR) is 44.2 cm³/mol. The quantitative estimate of drug-likeness (QED) is 0.650. The van der Waals surface area contributed by atoms with Gasteiger partial charge in [0, 0.05) is 0 Å². The Morgan fingerprint density at radius 1 is 0.577 bits per heavy atom. The molecule has 0 rings (SSSR count). The molecular formula is C8HF15O3. The maximum absolute atomic E-state index is 13.1. The van der Waals surface area contributed by atoms with E-state index in [1.165, 1.54) is 4.74 Å². The van der Waals surface area contributed by atoms with Crippen LogP contribution in [0.4, 0.5) is 65.9 Å². The second-order valence-electron chi connectivity index (χ2n) is 4.26. The molecule has 0 fully saturated rings. The molecular weight excluding hydrogens is 429 g/mol. The van der Waals surface area contributed by atoms with Gasteiger partial charge in [-0.05, 0) is 0 Å². The molecule has 0 aliphatic rings. The van der Waals surface area contributed by atoms with Gasteiger partial charge in [0.2, 0.25) is 0 Å². The summed E-state index contributed by atoms with van der Waals surface area (Å²) in [6, 6.07) is 0. The normalized spacial score (nSPS) is 16.0. The highest BCUT2D eigenvalue weighted by molar-refractivity contribution is 5.76. The van der Waals surface area contributed by atoms with Crippen molar-refractivity contribution in [2.75, 3.05) is 0 Å². The van der Waals surface area contributed by atoms with Crippen molar-refractivity contribution in [1.29, 1.82) is 0 Å². The lowest BCUT2D eigenvalue weighted by Gasteiger charge is -2.43. The Labute approximate surface area is 130 Å². The molecule has 0 aliphatic heterocycles. The van der Waals surface area contributed by atoms with E-state index in [-0.39, 0.29) is 0 Å². The van der Waals surface area contributed by atoms with Gasteiger partial charge in [-0.3, -0.25) is 0 Å². The molecule has 0 bridgehead atoms. The molecule has 0 amide bonds. The molecule has 0 atom stereocenters. The first kappa shape index (κ1) is 24.4. The molecule has 0 saturated heterocycles. The van der Waals surface area contributed by atoms with E-state index >= 15 is 0 Å². The van der Waals surface area contributed by atoms with Crippen molar-refractivity contribution in [3.63, 3.8) is 0 Å². The fraction of sp³-hybridized carbons (Fsp3) is 0.875. The summed E-state index contributed by atoms with van der Waals surface area (Å²) < 4.78 is 189. The summed E-state index contributed by atoms with van der Waals surface area (Å²) in [5.41, 5.74) is -8.39. The number of rotatable bonds is 5. The fourth-order valence-electron chi connectivity index (χ4n) is 1.40. The second kappa shape index (κ2) is 5.95. The summed E-state index contributed by atoms with van der Waals surface area (Å²) in [5, 5.41) is 7.63. The zero-order chi connectivity index (χ0) is 21.8. The summed E-state index contributed by atoms with van der Waals surface area (Å²) in [5.74, 6) is -11.0. The lowest BCUT2D eigenvalue weighted by Crippen LogP contribution is -2.71. The molecule has 3 nitrogen and oxygen atoms in total. The van der Waals surface area contributed by atoms with E-state index in [2.05, 4.69) is 0 Å².